The summed E-state index contributed by atoms with van der Waals surface area (Å²) in [5, 5.41) is 12.5. The fraction of sp³-hybridized carbons (Fsp3) is 0.615. The van der Waals surface area contributed by atoms with Crippen LogP contribution >= 0.6 is 0 Å². The number of aliphatic carboxylic acids is 1. The Hall–Kier alpha value is -3.87. The van der Waals surface area contributed by atoms with Crippen molar-refractivity contribution in [1.82, 2.24) is 25.6 Å². The van der Waals surface area contributed by atoms with Crippen molar-refractivity contribution < 1.29 is 29.0 Å². The van der Waals surface area contributed by atoms with Crippen LogP contribution in [0.1, 0.15) is 109 Å². The number of nitrogens with one attached hydrogen (secondary N) is 2. The largest absolute Gasteiger partial charge is 0.480 e. The minimum absolute atomic E-state index is 0.144. The summed E-state index contributed by atoms with van der Waals surface area (Å²) in [4.78, 5) is 50.5. The SMILES string of the molecule is CCCCCC(=O)N(Cc1ccncc1)C(C)(C)COCCC.CCN(NC)C(=O)CCc1ccc(C)cc1.NC(CCCCNC=O)C(=O)O. The Kier molecular flexibility index (Phi) is 26.6. The topological polar surface area (TPSA) is 167 Å². The molecule has 0 fully saturated rings. The third-order valence-corrected chi connectivity index (χ3v) is 8.04. The number of nitrogens with zero attached hydrogens (tertiary/aromatic N) is 3. The van der Waals surface area contributed by atoms with Gasteiger partial charge in [0, 0.05) is 58.5 Å². The van der Waals surface area contributed by atoms with Crippen LogP contribution in [-0.2, 0) is 36.9 Å². The molecule has 0 aliphatic rings. The molecule has 0 saturated carbocycles. The first kappa shape index (κ1) is 47.1. The van der Waals surface area contributed by atoms with E-state index in [4.69, 9.17) is 15.6 Å². The predicted molar refractivity (Wildman–Crippen MR) is 204 cm³/mol. The third-order valence-electron chi connectivity index (χ3n) is 8.04. The highest BCUT2D eigenvalue weighted by molar-refractivity contribution is 5.77. The van der Waals surface area contributed by atoms with Crippen LogP contribution < -0.4 is 16.5 Å². The summed E-state index contributed by atoms with van der Waals surface area (Å²) < 4.78 is 5.74. The van der Waals surface area contributed by atoms with E-state index >= 15 is 0 Å². The maximum atomic E-state index is 12.8. The van der Waals surface area contributed by atoms with Crippen LogP contribution in [0.25, 0.3) is 0 Å². The summed E-state index contributed by atoms with van der Waals surface area (Å²) in [6, 6.07) is 11.5. The minimum atomic E-state index is -0.974. The Bertz CT molecular complexity index is 1210. The molecule has 5 N–H and O–H groups in total. The van der Waals surface area contributed by atoms with Gasteiger partial charge >= 0.3 is 5.97 Å². The van der Waals surface area contributed by atoms with Gasteiger partial charge in [-0.25, -0.2) is 5.43 Å². The highest BCUT2D eigenvalue weighted by atomic mass is 16.5. The Morgan fingerprint density at radius 1 is 0.941 bits per heavy atom. The van der Waals surface area contributed by atoms with E-state index in [0.717, 1.165) is 50.7 Å². The van der Waals surface area contributed by atoms with Crippen molar-refractivity contribution >= 4 is 24.2 Å². The number of aryl methyl sites for hydroxylation is 2. The Morgan fingerprint density at radius 2 is 1.61 bits per heavy atom. The van der Waals surface area contributed by atoms with Gasteiger partial charge in [-0.15, -0.1) is 0 Å². The van der Waals surface area contributed by atoms with Gasteiger partial charge in [-0.2, -0.15) is 0 Å². The number of rotatable bonds is 23. The smallest absolute Gasteiger partial charge is 0.320 e. The average Bonchev–Trinajstić information content (AvgIpc) is 3.11. The maximum Gasteiger partial charge on any atom is 0.320 e. The van der Waals surface area contributed by atoms with Crippen LogP contribution in [-0.4, -0.2) is 89.1 Å². The number of aromatic nitrogens is 1. The molecule has 1 aromatic heterocycles. The zero-order valence-electron chi connectivity index (χ0n) is 32.3. The van der Waals surface area contributed by atoms with E-state index < -0.39 is 12.0 Å². The Morgan fingerprint density at radius 3 is 2.16 bits per heavy atom. The molecule has 3 amide bonds. The molecule has 0 radical (unpaired) electrons. The molecular formula is C39H66N6O6. The summed E-state index contributed by atoms with van der Waals surface area (Å²) in [5.41, 5.74) is 11.4. The van der Waals surface area contributed by atoms with Gasteiger partial charge in [0.1, 0.15) is 6.04 Å². The number of nitrogens with two attached hydrogens (primary N) is 1. The van der Waals surface area contributed by atoms with Gasteiger partial charge in [-0.3, -0.25) is 29.2 Å². The standard InChI is InChI=1S/C19H32N2O2.C13H20N2O.C7H14N2O3/c1-5-7-8-9-18(22)21(15-17-10-12-20-13-11-17)19(3,4)16-23-14-6-2;1-4-15(14-3)13(16)10-9-12-7-5-11(2)6-8-12;8-6(7(11)12)3-1-2-4-9-5-10/h10-13H,5-9,14-16H2,1-4H3;5-8,14H,4,9-10H2,1-3H3;5-6H,1-4,8H2,(H,9,10)(H,11,12). The second kappa shape index (κ2) is 28.8. The number of pyridine rings is 1. The molecule has 1 aromatic carbocycles. The lowest BCUT2D eigenvalue weighted by Crippen LogP contribution is -2.50. The summed E-state index contributed by atoms with van der Waals surface area (Å²) in [5.74, 6) is -0.621. The number of carboxylic acids is 1. The number of unbranched alkanes of at least 4 members (excludes halogenated alkanes) is 3. The second-order valence-electron chi connectivity index (χ2n) is 13.0. The van der Waals surface area contributed by atoms with Crippen molar-refractivity contribution in [2.24, 2.45) is 5.73 Å². The molecule has 1 atom stereocenters. The van der Waals surface area contributed by atoms with Crippen LogP contribution in [0.2, 0.25) is 0 Å². The summed E-state index contributed by atoms with van der Waals surface area (Å²) in [6.07, 6.45) is 12.2. The number of hydrazine groups is 1. The van der Waals surface area contributed by atoms with Gasteiger partial charge < -0.3 is 25.8 Å². The van der Waals surface area contributed by atoms with Gasteiger partial charge in [0.25, 0.3) is 0 Å². The first-order valence-corrected chi connectivity index (χ1v) is 18.3. The van der Waals surface area contributed by atoms with Gasteiger partial charge in [0.15, 0.2) is 0 Å². The second-order valence-corrected chi connectivity index (χ2v) is 13.0. The third kappa shape index (κ3) is 22.5. The number of ether oxygens (including phenoxy) is 1. The summed E-state index contributed by atoms with van der Waals surface area (Å²) in [6.45, 7) is 15.6. The van der Waals surface area contributed by atoms with E-state index in [-0.39, 0.29) is 17.4 Å². The lowest BCUT2D eigenvalue weighted by Gasteiger charge is -2.39. The Labute approximate surface area is 306 Å². The van der Waals surface area contributed by atoms with Gasteiger partial charge in [0.05, 0.1) is 12.1 Å². The first-order chi connectivity index (χ1) is 24.4. The van der Waals surface area contributed by atoms with Crippen LogP contribution in [0.5, 0.6) is 0 Å². The number of carboxylic acid groups (broad SMARTS) is 1. The monoisotopic (exact) mass is 715 g/mol. The molecule has 12 heteroatoms. The highest BCUT2D eigenvalue weighted by Crippen LogP contribution is 2.21. The lowest BCUT2D eigenvalue weighted by molar-refractivity contribution is -0.140. The van der Waals surface area contributed by atoms with Crippen molar-refractivity contribution in [3.05, 3.63) is 65.5 Å². The molecular weight excluding hydrogens is 648 g/mol. The maximum absolute atomic E-state index is 12.8. The van der Waals surface area contributed by atoms with E-state index in [9.17, 15) is 19.2 Å². The molecule has 1 heterocycles. The average molecular weight is 715 g/mol. The number of amides is 3. The molecule has 0 aliphatic heterocycles. The normalized spacial score (nSPS) is 11.2. The molecule has 2 rings (SSSR count). The van der Waals surface area contributed by atoms with Crippen molar-refractivity contribution in [1.29, 1.82) is 0 Å². The van der Waals surface area contributed by atoms with Gasteiger partial charge in [0.2, 0.25) is 18.2 Å². The molecule has 0 aliphatic carbocycles. The molecule has 288 valence electrons. The fourth-order valence-electron chi connectivity index (χ4n) is 4.89. The van der Waals surface area contributed by atoms with E-state index in [1.165, 1.54) is 11.1 Å². The Balaban J connectivity index is 0.000000780. The molecule has 0 spiro atoms. The van der Waals surface area contributed by atoms with E-state index in [1.807, 2.05) is 24.0 Å². The van der Waals surface area contributed by atoms with Crippen LogP contribution in [0, 0.1) is 6.92 Å². The van der Waals surface area contributed by atoms with E-state index in [2.05, 4.69) is 74.6 Å². The lowest BCUT2D eigenvalue weighted by atomic mass is 10.0. The fourth-order valence-corrected chi connectivity index (χ4v) is 4.89. The number of hydrogen-bond acceptors (Lipinski definition) is 8. The van der Waals surface area contributed by atoms with Gasteiger partial charge in [-0.1, -0.05) is 56.5 Å². The van der Waals surface area contributed by atoms with E-state index in [0.29, 0.717) is 58.3 Å². The van der Waals surface area contributed by atoms with E-state index in [1.54, 1.807) is 24.5 Å². The molecule has 1 unspecified atom stereocenters. The summed E-state index contributed by atoms with van der Waals surface area (Å²) >= 11 is 0. The molecule has 51 heavy (non-hydrogen) atoms. The molecule has 2 aromatic rings. The molecule has 12 nitrogen and oxygen atoms in total. The van der Waals surface area contributed by atoms with Gasteiger partial charge in [-0.05, 0) is 89.5 Å². The van der Waals surface area contributed by atoms with Crippen molar-refractivity contribution in [2.45, 2.75) is 124 Å². The zero-order chi connectivity index (χ0) is 38.5. The number of carbonyl (C=O) groups excluding carboxylic acids is 3. The number of carbonyl (C=O) groups is 4. The minimum Gasteiger partial charge on any atom is -0.480 e. The highest BCUT2D eigenvalue weighted by Gasteiger charge is 2.31. The van der Waals surface area contributed by atoms with Crippen LogP contribution in [0.15, 0.2) is 48.8 Å². The van der Waals surface area contributed by atoms with Crippen LogP contribution in [0.3, 0.4) is 0 Å². The van der Waals surface area contributed by atoms with Crippen molar-refractivity contribution in [3.8, 4) is 0 Å². The van der Waals surface area contributed by atoms with Crippen LogP contribution in [0.4, 0.5) is 0 Å². The zero-order valence-corrected chi connectivity index (χ0v) is 32.3. The number of hydrogen-bond donors (Lipinski definition) is 4. The predicted octanol–water partition coefficient (Wildman–Crippen LogP) is 5.42. The summed E-state index contributed by atoms with van der Waals surface area (Å²) in [7, 11) is 1.77. The first-order valence-electron chi connectivity index (χ1n) is 18.3. The van der Waals surface area contributed by atoms with Crippen molar-refractivity contribution in [3.63, 3.8) is 0 Å². The quantitative estimate of drug-likeness (QED) is 0.0668. The molecule has 0 bridgehead atoms. The number of benzene rings is 1. The van der Waals surface area contributed by atoms with Crippen molar-refractivity contribution in [2.75, 3.05) is 33.4 Å². The molecule has 0 saturated heterocycles.